The molecule has 0 bridgehead atoms. The van der Waals surface area contributed by atoms with E-state index in [0.717, 1.165) is 11.3 Å². The number of para-hydroxylation sites is 1. The average Bonchev–Trinajstić information content (AvgIpc) is 2.52. The van der Waals surface area contributed by atoms with Crippen LogP contribution in [0.5, 0.6) is 5.75 Å². The Labute approximate surface area is 123 Å². The van der Waals surface area contributed by atoms with Crippen molar-refractivity contribution in [2.45, 2.75) is 18.9 Å². The molecule has 6 heteroatoms. The van der Waals surface area contributed by atoms with Crippen LogP contribution in [-0.4, -0.2) is 54.8 Å². The van der Waals surface area contributed by atoms with Gasteiger partial charge in [0.2, 0.25) is 5.91 Å². The van der Waals surface area contributed by atoms with E-state index >= 15 is 0 Å². The zero-order chi connectivity index (χ0) is 15.2. The molecule has 1 aliphatic rings. The van der Waals surface area contributed by atoms with E-state index in [-0.39, 0.29) is 18.9 Å². The fourth-order valence-corrected chi connectivity index (χ4v) is 2.40. The van der Waals surface area contributed by atoms with Gasteiger partial charge in [0.1, 0.15) is 5.75 Å². The molecular formula is C15H19NO5. The lowest BCUT2D eigenvalue weighted by molar-refractivity contribution is -0.158. The number of rotatable bonds is 5. The highest BCUT2D eigenvalue weighted by Gasteiger charge is 2.32. The number of methoxy groups -OCH3 is 1. The molecule has 1 fully saturated rings. The van der Waals surface area contributed by atoms with E-state index in [0.29, 0.717) is 19.6 Å². The van der Waals surface area contributed by atoms with Crippen LogP contribution in [0.25, 0.3) is 0 Å². The van der Waals surface area contributed by atoms with Gasteiger partial charge in [-0.05, 0) is 18.1 Å². The normalized spacial score (nSPS) is 18.3. The second-order valence-electron chi connectivity index (χ2n) is 4.83. The predicted octanol–water partition coefficient (Wildman–Crippen LogP) is 0.940. The SMILES string of the molecule is COc1ccccc1CCC(=O)N1CCOC[C@H]1C(=O)O. The van der Waals surface area contributed by atoms with Gasteiger partial charge in [-0.2, -0.15) is 0 Å². The third-order valence-electron chi connectivity index (χ3n) is 3.53. The highest BCUT2D eigenvalue weighted by atomic mass is 16.5. The number of morpholine rings is 1. The van der Waals surface area contributed by atoms with Gasteiger partial charge in [-0.3, -0.25) is 4.79 Å². The minimum absolute atomic E-state index is 0.0513. The van der Waals surface area contributed by atoms with E-state index in [4.69, 9.17) is 14.6 Å². The Balaban J connectivity index is 1.99. The molecule has 0 aliphatic carbocycles. The van der Waals surface area contributed by atoms with Crippen molar-refractivity contribution in [1.29, 1.82) is 0 Å². The summed E-state index contributed by atoms with van der Waals surface area (Å²) in [6, 6.07) is 6.61. The number of carbonyl (C=O) groups excluding carboxylic acids is 1. The maximum absolute atomic E-state index is 12.3. The zero-order valence-electron chi connectivity index (χ0n) is 11.9. The van der Waals surface area contributed by atoms with E-state index in [1.165, 1.54) is 4.90 Å². The summed E-state index contributed by atoms with van der Waals surface area (Å²) in [4.78, 5) is 24.8. The zero-order valence-corrected chi connectivity index (χ0v) is 11.9. The van der Waals surface area contributed by atoms with Gasteiger partial charge in [0, 0.05) is 13.0 Å². The highest BCUT2D eigenvalue weighted by Crippen LogP contribution is 2.20. The van der Waals surface area contributed by atoms with Gasteiger partial charge in [0.05, 0.1) is 20.3 Å². The van der Waals surface area contributed by atoms with Crippen molar-refractivity contribution in [3.05, 3.63) is 29.8 Å². The summed E-state index contributed by atoms with van der Waals surface area (Å²) in [5.74, 6) is -0.459. The molecule has 1 heterocycles. The van der Waals surface area contributed by atoms with E-state index in [1.807, 2.05) is 24.3 Å². The molecule has 2 rings (SSSR count). The Morgan fingerprint density at radius 3 is 2.90 bits per heavy atom. The van der Waals surface area contributed by atoms with Crippen LogP contribution in [0, 0.1) is 0 Å². The number of carboxylic acids is 1. The Morgan fingerprint density at radius 2 is 2.19 bits per heavy atom. The first-order valence-corrected chi connectivity index (χ1v) is 6.85. The molecule has 0 spiro atoms. The summed E-state index contributed by atoms with van der Waals surface area (Å²) in [7, 11) is 1.59. The molecule has 1 aromatic rings. The number of ether oxygens (including phenoxy) is 2. The lowest BCUT2D eigenvalue weighted by Crippen LogP contribution is -2.52. The molecule has 6 nitrogen and oxygen atoms in total. The lowest BCUT2D eigenvalue weighted by Gasteiger charge is -2.33. The monoisotopic (exact) mass is 293 g/mol. The number of nitrogens with zero attached hydrogens (tertiary/aromatic N) is 1. The van der Waals surface area contributed by atoms with E-state index in [1.54, 1.807) is 7.11 Å². The lowest BCUT2D eigenvalue weighted by atomic mass is 10.1. The predicted molar refractivity (Wildman–Crippen MR) is 75.3 cm³/mol. The Morgan fingerprint density at radius 1 is 1.43 bits per heavy atom. The molecule has 0 unspecified atom stereocenters. The van der Waals surface area contributed by atoms with Crippen LogP contribution >= 0.6 is 0 Å². The number of hydrogen-bond donors (Lipinski definition) is 1. The van der Waals surface area contributed by atoms with Crippen LogP contribution in [0.1, 0.15) is 12.0 Å². The molecule has 1 atom stereocenters. The standard InChI is InChI=1S/C15H19NO5/c1-20-13-5-3-2-4-11(13)6-7-14(17)16-8-9-21-10-12(16)15(18)19/h2-5,12H,6-10H2,1H3,(H,18,19)/t12-/m0/s1. The summed E-state index contributed by atoms with van der Waals surface area (Å²) < 4.78 is 10.4. The summed E-state index contributed by atoms with van der Waals surface area (Å²) in [5.41, 5.74) is 0.938. The van der Waals surface area contributed by atoms with Gasteiger partial charge in [0.15, 0.2) is 6.04 Å². The molecule has 0 radical (unpaired) electrons. The number of carboxylic acid groups (broad SMARTS) is 1. The first-order chi connectivity index (χ1) is 10.1. The van der Waals surface area contributed by atoms with Gasteiger partial charge in [-0.25, -0.2) is 4.79 Å². The average molecular weight is 293 g/mol. The van der Waals surface area contributed by atoms with E-state index in [9.17, 15) is 9.59 Å². The molecule has 21 heavy (non-hydrogen) atoms. The molecule has 1 saturated heterocycles. The Bertz CT molecular complexity index is 517. The van der Waals surface area contributed by atoms with Crippen LogP contribution in [-0.2, 0) is 20.7 Å². The maximum atomic E-state index is 12.3. The molecule has 1 aromatic carbocycles. The number of aryl methyl sites for hydroxylation is 1. The van der Waals surface area contributed by atoms with Crippen molar-refractivity contribution in [2.75, 3.05) is 26.9 Å². The highest BCUT2D eigenvalue weighted by molar-refractivity contribution is 5.84. The van der Waals surface area contributed by atoms with Crippen molar-refractivity contribution in [1.82, 2.24) is 4.90 Å². The number of amides is 1. The van der Waals surface area contributed by atoms with Crippen LogP contribution in [0.3, 0.4) is 0 Å². The van der Waals surface area contributed by atoms with Crippen molar-refractivity contribution < 1.29 is 24.2 Å². The molecule has 0 aromatic heterocycles. The van der Waals surface area contributed by atoms with Crippen molar-refractivity contribution in [3.8, 4) is 5.75 Å². The Hall–Kier alpha value is -2.08. The number of hydrogen-bond acceptors (Lipinski definition) is 4. The van der Waals surface area contributed by atoms with Crippen molar-refractivity contribution in [3.63, 3.8) is 0 Å². The number of benzene rings is 1. The van der Waals surface area contributed by atoms with E-state index in [2.05, 4.69) is 0 Å². The quantitative estimate of drug-likeness (QED) is 0.874. The van der Waals surface area contributed by atoms with Gasteiger partial charge in [0.25, 0.3) is 0 Å². The first kappa shape index (κ1) is 15.3. The molecular weight excluding hydrogens is 274 g/mol. The molecule has 0 saturated carbocycles. The third kappa shape index (κ3) is 3.72. The van der Waals surface area contributed by atoms with Crippen LogP contribution in [0.2, 0.25) is 0 Å². The Kier molecular flexibility index (Phi) is 5.16. The van der Waals surface area contributed by atoms with E-state index < -0.39 is 12.0 Å². The second-order valence-corrected chi connectivity index (χ2v) is 4.83. The van der Waals surface area contributed by atoms with Gasteiger partial charge >= 0.3 is 5.97 Å². The van der Waals surface area contributed by atoms with Gasteiger partial charge in [-0.15, -0.1) is 0 Å². The third-order valence-corrected chi connectivity index (χ3v) is 3.53. The molecule has 1 amide bonds. The summed E-state index contributed by atoms with van der Waals surface area (Å²) in [5, 5.41) is 9.13. The van der Waals surface area contributed by atoms with Crippen molar-refractivity contribution >= 4 is 11.9 Å². The minimum atomic E-state index is -1.03. The summed E-state index contributed by atoms with van der Waals surface area (Å²) >= 11 is 0. The van der Waals surface area contributed by atoms with Crippen LogP contribution in [0.15, 0.2) is 24.3 Å². The van der Waals surface area contributed by atoms with Gasteiger partial charge in [-0.1, -0.05) is 18.2 Å². The second kappa shape index (κ2) is 7.08. The summed E-state index contributed by atoms with van der Waals surface area (Å²) in [6.07, 6.45) is 0.775. The van der Waals surface area contributed by atoms with Crippen molar-refractivity contribution in [2.24, 2.45) is 0 Å². The molecule has 1 aliphatic heterocycles. The first-order valence-electron chi connectivity index (χ1n) is 6.85. The minimum Gasteiger partial charge on any atom is -0.496 e. The number of carbonyl (C=O) groups is 2. The fraction of sp³-hybridized carbons (Fsp3) is 0.467. The van der Waals surface area contributed by atoms with Crippen LogP contribution < -0.4 is 4.74 Å². The smallest absolute Gasteiger partial charge is 0.328 e. The fourth-order valence-electron chi connectivity index (χ4n) is 2.40. The van der Waals surface area contributed by atoms with Gasteiger partial charge < -0.3 is 19.5 Å². The molecule has 1 N–H and O–H groups in total. The topological polar surface area (TPSA) is 76.1 Å². The summed E-state index contributed by atoms with van der Waals surface area (Å²) in [6.45, 7) is 0.752. The molecule has 114 valence electrons. The largest absolute Gasteiger partial charge is 0.496 e. The maximum Gasteiger partial charge on any atom is 0.328 e. The van der Waals surface area contributed by atoms with Crippen LogP contribution in [0.4, 0.5) is 0 Å². The number of aliphatic carboxylic acids is 1.